The second-order valence-corrected chi connectivity index (χ2v) is 6.44. The zero-order valence-corrected chi connectivity index (χ0v) is 16.5. The number of rotatable bonds is 6. The standard InChI is InChI=1S/C20H16Cl2N2O4/c1-27-13-9-5-3-7-11(13)23-17-15(21)20(26)18(16(22)19(17)25)24-12-8-4-6-10-14(12)28-2/h3-10,23-24H,1-2H3. The fourth-order valence-corrected chi connectivity index (χ4v) is 3.09. The van der Waals surface area contributed by atoms with Crippen LogP contribution < -0.4 is 20.1 Å². The Kier molecular flexibility index (Phi) is 5.92. The van der Waals surface area contributed by atoms with Crippen LogP contribution in [0.1, 0.15) is 0 Å². The molecule has 0 saturated carbocycles. The number of benzene rings is 2. The number of anilines is 2. The molecule has 6 nitrogen and oxygen atoms in total. The lowest BCUT2D eigenvalue weighted by molar-refractivity contribution is -0.115. The number of hydrogen-bond acceptors (Lipinski definition) is 6. The van der Waals surface area contributed by atoms with Gasteiger partial charge in [0, 0.05) is 0 Å². The minimum absolute atomic E-state index is 0.119. The minimum atomic E-state index is -0.616. The van der Waals surface area contributed by atoms with Gasteiger partial charge < -0.3 is 20.1 Å². The van der Waals surface area contributed by atoms with Gasteiger partial charge in [-0.05, 0) is 24.3 Å². The van der Waals surface area contributed by atoms with Gasteiger partial charge in [-0.25, -0.2) is 0 Å². The summed E-state index contributed by atoms with van der Waals surface area (Å²) in [7, 11) is 2.99. The van der Waals surface area contributed by atoms with E-state index in [2.05, 4.69) is 10.6 Å². The van der Waals surface area contributed by atoms with Crippen LogP contribution in [-0.4, -0.2) is 25.8 Å². The van der Waals surface area contributed by atoms with E-state index < -0.39 is 11.6 Å². The van der Waals surface area contributed by atoms with Gasteiger partial charge in [0.15, 0.2) is 0 Å². The Hall–Kier alpha value is -2.96. The Labute approximate surface area is 171 Å². The van der Waals surface area contributed by atoms with E-state index in [1.807, 2.05) is 0 Å². The van der Waals surface area contributed by atoms with Crippen molar-refractivity contribution in [3.05, 3.63) is 70.0 Å². The molecule has 0 saturated heterocycles. The number of Topliss-reactive ketones (excluding diaryl/α,β-unsaturated/α-hetero) is 2. The molecular formula is C20H16Cl2N2O4. The Morgan fingerprint density at radius 3 is 1.39 bits per heavy atom. The molecule has 2 aromatic rings. The first-order chi connectivity index (χ1) is 13.5. The highest BCUT2D eigenvalue weighted by Gasteiger charge is 2.34. The summed E-state index contributed by atoms with van der Waals surface area (Å²) in [5.41, 5.74) is 0.716. The molecule has 0 aromatic heterocycles. The Bertz CT molecular complexity index is 933. The van der Waals surface area contributed by atoms with Crippen molar-refractivity contribution in [3.63, 3.8) is 0 Å². The maximum Gasteiger partial charge on any atom is 0.224 e. The Morgan fingerprint density at radius 2 is 1.04 bits per heavy atom. The molecule has 0 atom stereocenters. The van der Waals surface area contributed by atoms with Crippen LogP contribution in [0.5, 0.6) is 11.5 Å². The van der Waals surface area contributed by atoms with E-state index >= 15 is 0 Å². The Balaban J connectivity index is 1.94. The summed E-state index contributed by atoms with van der Waals surface area (Å²) in [5.74, 6) is -0.264. The second-order valence-electron chi connectivity index (χ2n) is 5.69. The van der Waals surface area contributed by atoms with Gasteiger partial charge in [0.2, 0.25) is 11.6 Å². The van der Waals surface area contributed by atoms with Crippen LogP contribution in [0.25, 0.3) is 0 Å². The zero-order valence-electron chi connectivity index (χ0n) is 15.0. The number of ether oxygens (including phenoxy) is 2. The quantitative estimate of drug-likeness (QED) is 0.681. The number of nitrogens with one attached hydrogen (secondary N) is 2. The number of halogens is 2. The van der Waals surface area contributed by atoms with Crippen molar-refractivity contribution in [2.45, 2.75) is 0 Å². The maximum atomic E-state index is 12.8. The lowest BCUT2D eigenvalue weighted by Gasteiger charge is -2.21. The number of para-hydroxylation sites is 4. The fraction of sp³-hybridized carbons (Fsp3) is 0.100. The van der Waals surface area contributed by atoms with Crippen LogP contribution in [0, 0.1) is 0 Å². The Morgan fingerprint density at radius 1 is 0.679 bits per heavy atom. The van der Waals surface area contributed by atoms with Crippen molar-refractivity contribution in [1.29, 1.82) is 0 Å². The normalized spacial score (nSPS) is 14.3. The molecule has 0 aliphatic heterocycles. The third-order valence-corrected chi connectivity index (χ3v) is 4.75. The molecule has 28 heavy (non-hydrogen) atoms. The highest BCUT2D eigenvalue weighted by molar-refractivity contribution is 6.56. The van der Waals surface area contributed by atoms with E-state index in [4.69, 9.17) is 32.7 Å². The smallest absolute Gasteiger partial charge is 0.224 e. The number of allylic oxidation sites excluding steroid dienone is 2. The molecule has 3 rings (SSSR count). The lowest BCUT2D eigenvalue weighted by atomic mass is 10.0. The fourth-order valence-electron chi connectivity index (χ4n) is 2.63. The van der Waals surface area contributed by atoms with E-state index in [1.165, 1.54) is 14.2 Å². The van der Waals surface area contributed by atoms with Gasteiger partial charge in [0.25, 0.3) is 0 Å². The third-order valence-electron chi connectivity index (χ3n) is 4.03. The summed E-state index contributed by atoms with van der Waals surface area (Å²) in [6.45, 7) is 0. The molecule has 144 valence electrons. The van der Waals surface area contributed by atoms with E-state index in [9.17, 15) is 9.59 Å². The summed E-state index contributed by atoms with van der Waals surface area (Å²) in [6, 6.07) is 13.8. The molecule has 1 aliphatic rings. The molecule has 2 N–H and O–H groups in total. The maximum absolute atomic E-state index is 12.8. The van der Waals surface area contributed by atoms with Crippen molar-refractivity contribution in [3.8, 4) is 11.5 Å². The molecule has 0 unspecified atom stereocenters. The monoisotopic (exact) mass is 418 g/mol. The predicted octanol–water partition coefficient (Wildman–Crippen LogP) is 4.28. The number of carbonyl (C=O) groups is 2. The molecule has 0 spiro atoms. The molecule has 0 radical (unpaired) electrons. The molecule has 2 aromatic carbocycles. The average molecular weight is 419 g/mol. The molecule has 8 heteroatoms. The molecule has 0 amide bonds. The topological polar surface area (TPSA) is 76.7 Å². The summed E-state index contributed by atoms with van der Waals surface area (Å²) in [4.78, 5) is 25.6. The van der Waals surface area contributed by atoms with Crippen molar-refractivity contribution >= 4 is 46.1 Å². The van der Waals surface area contributed by atoms with Gasteiger partial charge >= 0.3 is 0 Å². The summed E-state index contributed by atoms with van der Waals surface area (Å²) in [5, 5.41) is 5.14. The first-order valence-corrected chi connectivity index (χ1v) is 8.92. The van der Waals surface area contributed by atoms with Crippen LogP contribution >= 0.6 is 23.2 Å². The van der Waals surface area contributed by atoms with Gasteiger partial charge in [-0.15, -0.1) is 0 Å². The van der Waals surface area contributed by atoms with E-state index in [0.717, 1.165) is 0 Å². The largest absolute Gasteiger partial charge is 0.495 e. The van der Waals surface area contributed by atoms with Gasteiger partial charge in [-0.1, -0.05) is 47.5 Å². The molecule has 0 bridgehead atoms. The lowest BCUT2D eigenvalue weighted by Crippen LogP contribution is -2.27. The third kappa shape index (κ3) is 3.69. The van der Waals surface area contributed by atoms with Crippen molar-refractivity contribution < 1.29 is 19.1 Å². The van der Waals surface area contributed by atoms with Crippen LogP contribution in [0.15, 0.2) is 70.0 Å². The van der Waals surface area contributed by atoms with Crippen molar-refractivity contribution in [2.75, 3.05) is 24.9 Å². The van der Waals surface area contributed by atoms with Crippen LogP contribution in [0.2, 0.25) is 0 Å². The van der Waals surface area contributed by atoms with E-state index in [0.29, 0.717) is 22.9 Å². The van der Waals surface area contributed by atoms with Crippen molar-refractivity contribution in [1.82, 2.24) is 0 Å². The minimum Gasteiger partial charge on any atom is -0.495 e. The first-order valence-electron chi connectivity index (χ1n) is 8.17. The molecule has 0 heterocycles. The summed E-state index contributed by atoms with van der Waals surface area (Å²) >= 11 is 12.4. The average Bonchev–Trinajstić information content (AvgIpc) is 2.73. The van der Waals surface area contributed by atoms with E-state index in [1.54, 1.807) is 48.5 Å². The van der Waals surface area contributed by atoms with Crippen LogP contribution in [0.3, 0.4) is 0 Å². The summed E-state index contributed by atoms with van der Waals surface area (Å²) in [6.07, 6.45) is 0. The summed E-state index contributed by atoms with van der Waals surface area (Å²) < 4.78 is 10.5. The van der Waals surface area contributed by atoms with Gasteiger partial charge in [-0.3, -0.25) is 9.59 Å². The number of carbonyl (C=O) groups excluding carboxylic acids is 2. The molecular weight excluding hydrogens is 403 g/mol. The predicted molar refractivity (Wildman–Crippen MR) is 109 cm³/mol. The zero-order chi connectivity index (χ0) is 20.3. The highest BCUT2D eigenvalue weighted by atomic mass is 35.5. The van der Waals surface area contributed by atoms with Crippen molar-refractivity contribution in [2.24, 2.45) is 0 Å². The second kappa shape index (κ2) is 8.37. The number of hydrogen-bond donors (Lipinski definition) is 2. The van der Waals surface area contributed by atoms with Gasteiger partial charge in [-0.2, -0.15) is 0 Å². The van der Waals surface area contributed by atoms with E-state index in [-0.39, 0.29) is 21.5 Å². The number of methoxy groups -OCH3 is 2. The van der Waals surface area contributed by atoms with Crippen LogP contribution in [0.4, 0.5) is 11.4 Å². The SMILES string of the molecule is COc1ccccc1NC1=C(Cl)C(=O)C(Nc2ccccc2OC)=C(Cl)C1=O. The molecule has 1 aliphatic carbocycles. The van der Waals surface area contributed by atoms with Crippen LogP contribution in [-0.2, 0) is 9.59 Å². The van der Waals surface area contributed by atoms with Gasteiger partial charge in [0.05, 0.1) is 25.6 Å². The number of ketones is 2. The first kappa shape index (κ1) is 19.8. The molecule has 0 fully saturated rings. The highest BCUT2D eigenvalue weighted by Crippen LogP contribution is 2.34. The van der Waals surface area contributed by atoms with Gasteiger partial charge in [0.1, 0.15) is 33.0 Å².